The van der Waals surface area contributed by atoms with Crippen molar-refractivity contribution in [1.29, 1.82) is 5.41 Å². The normalized spacial score (nSPS) is 14.2. The monoisotopic (exact) mass is 581 g/mol. The van der Waals surface area contributed by atoms with E-state index in [1.165, 1.54) is 6.33 Å². The minimum absolute atomic E-state index is 0.136. The number of aliphatic hydroxyl groups is 1. The van der Waals surface area contributed by atoms with Crippen LogP contribution in [0.15, 0.2) is 55.0 Å². The second-order valence-corrected chi connectivity index (χ2v) is 11.3. The van der Waals surface area contributed by atoms with Crippen molar-refractivity contribution in [3.8, 4) is 5.88 Å². The molecule has 0 unspecified atom stereocenters. The molecule has 4 N–H and O–H groups in total. The van der Waals surface area contributed by atoms with Crippen LogP contribution in [0.3, 0.4) is 0 Å². The summed E-state index contributed by atoms with van der Waals surface area (Å²) in [6.07, 6.45) is 3.57. The Morgan fingerprint density at radius 2 is 2.03 bits per heavy atom. The predicted octanol–water partition coefficient (Wildman–Crippen LogP) is 3.93. The van der Waals surface area contributed by atoms with E-state index in [1.807, 2.05) is 17.0 Å². The fourth-order valence-corrected chi connectivity index (χ4v) is 6.64. The van der Waals surface area contributed by atoms with Gasteiger partial charge in [-0.25, -0.2) is 0 Å². The van der Waals surface area contributed by atoms with Crippen LogP contribution in [0.5, 0.6) is 5.88 Å². The Morgan fingerprint density at radius 1 is 1.24 bits per heavy atom. The SMILES string of the molecule is N=Cc1c(Nc2ccccc2Cl)ncnc1OI(CN1CC(O)C1)C(=O)Nc1ccccn1. The Labute approximate surface area is 202 Å². The Hall–Kier alpha value is -2.87. The van der Waals surface area contributed by atoms with Crippen LogP contribution in [0.25, 0.3) is 0 Å². The number of para-hydroxylation sites is 1. The maximum atomic E-state index is 13.1. The molecule has 1 fully saturated rings. The molecule has 2 aromatic heterocycles. The second-order valence-electron chi connectivity index (χ2n) is 7.01. The van der Waals surface area contributed by atoms with E-state index in [9.17, 15) is 9.90 Å². The zero-order valence-electron chi connectivity index (χ0n) is 17.3. The summed E-state index contributed by atoms with van der Waals surface area (Å²) in [5, 5.41) is 23.9. The number of hydrogen-bond donors (Lipinski definition) is 4. The average molecular weight is 582 g/mol. The molecule has 0 atom stereocenters. The molecule has 1 saturated heterocycles. The molecule has 12 heteroatoms. The molecule has 0 bridgehead atoms. The number of likely N-dealkylation sites (tertiary alicyclic amines) is 1. The van der Waals surface area contributed by atoms with E-state index in [0.29, 0.717) is 45.6 Å². The van der Waals surface area contributed by atoms with E-state index in [4.69, 9.17) is 20.1 Å². The number of pyridine rings is 1. The molecule has 0 radical (unpaired) electrons. The molecular formula is C21H21ClIN7O3. The van der Waals surface area contributed by atoms with Gasteiger partial charge in [-0.2, -0.15) is 0 Å². The molecular weight excluding hydrogens is 561 g/mol. The van der Waals surface area contributed by atoms with Gasteiger partial charge in [0.05, 0.1) is 0 Å². The van der Waals surface area contributed by atoms with Crippen molar-refractivity contribution >= 4 is 59.3 Å². The molecule has 10 nitrogen and oxygen atoms in total. The van der Waals surface area contributed by atoms with Gasteiger partial charge in [-0.1, -0.05) is 0 Å². The van der Waals surface area contributed by atoms with Crippen LogP contribution in [-0.4, -0.2) is 58.8 Å². The summed E-state index contributed by atoms with van der Waals surface area (Å²) in [4.78, 5) is 27.6. The van der Waals surface area contributed by atoms with Gasteiger partial charge < -0.3 is 0 Å². The molecule has 0 saturated carbocycles. The van der Waals surface area contributed by atoms with Gasteiger partial charge in [0.25, 0.3) is 0 Å². The Kier molecular flexibility index (Phi) is 7.65. The summed E-state index contributed by atoms with van der Waals surface area (Å²) in [6, 6.07) is 12.4. The fraction of sp³-hybridized carbons (Fsp3) is 0.190. The van der Waals surface area contributed by atoms with Crippen molar-refractivity contribution in [3.05, 3.63) is 65.6 Å². The summed E-state index contributed by atoms with van der Waals surface area (Å²) in [7, 11) is 0. The molecule has 4 rings (SSSR count). The van der Waals surface area contributed by atoms with Crippen LogP contribution in [0, 0.1) is 5.41 Å². The average Bonchev–Trinajstić information content (AvgIpc) is 2.80. The second kappa shape index (κ2) is 10.8. The summed E-state index contributed by atoms with van der Waals surface area (Å²) in [5.74, 6) is 0.897. The number of carbonyl (C=O) groups is 1. The van der Waals surface area contributed by atoms with Crippen molar-refractivity contribution < 1.29 is 13.0 Å². The number of aromatic nitrogens is 3. The van der Waals surface area contributed by atoms with Crippen molar-refractivity contribution in [2.24, 2.45) is 0 Å². The number of nitrogens with one attached hydrogen (secondary N) is 3. The Balaban J connectivity index is 1.57. The topological polar surface area (TPSA) is 136 Å². The van der Waals surface area contributed by atoms with E-state index >= 15 is 0 Å². The van der Waals surface area contributed by atoms with Gasteiger partial charge in [0.2, 0.25) is 0 Å². The first-order chi connectivity index (χ1) is 16.0. The molecule has 33 heavy (non-hydrogen) atoms. The minimum atomic E-state index is -2.87. The van der Waals surface area contributed by atoms with Gasteiger partial charge in [0, 0.05) is 0 Å². The third-order valence-electron chi connectivity index (χ3n) is 4.58. The number of carbonyl (C=O) groups excluding carboxylic acids is 1. The number of rotatable bonds is 9. The summed E-state index contributed by atoms with van der Waals surface area (Å²) in [6.45, 7) is 0.962. The molecule has 1 amide bonds. The van der Waals surface area contributed by atoms with Crippen molar-refractivity contribution in [2.75, 3.05) is 28.3 Å². The number of nitrogens with zero attached hydrogens (tertiary/aromatic N) is 4. The zero-order chi connectivity index (χ0) is 23.2. The number of alkyl halides is 1. The molecule has 1 aliphatic rings. The molecule has 172 valence electrons. The van der Waals surface area contributed by atoms with Gasteiger partial charge in [0.15, 0.2) is 0 Å². The van der Waals surface area contributed by atoms with E-state index < -0.39 is 26.3 Å². The van der Waals surface area contributed by atoms with Crippen molar-refractivity contribution in [2.45, 2.75) is 6.10 Å². The molecule has 0 aliphatic carbocycles. The zero-order valence-corrected chi connectivity index (χ0v) is 20.2. The number of halogens is 2. The van der Waals surface area contributed by atoms with Crippen molar-refractivity contribution in [3.63, 3.8) is 0 Å². The first-order valence-electron chi connectivity index (χ1n) is 9.87. The van der Waals surface area contributed by atoms with Crippen LogP contribution >= 0.6 is 31.8 Å². The number of anilines is 3. The van der Waals surface area contributed by atoms with Gasteiger partial charge >= 0.3 is 203 Å². The van der Waals surface area contributed by atoms with E-state index in [0.717, 1.165) is 6.21 Å². The van der Waals surface area contributed by atoms with Gasteiger partial charge in [-0.05, 0) is 0 Å². The molecule has 0 spiro atoms. The first-order valence-corrected chi connectivity index (χ1v) is 13.7. The Morgan fingerprint density at radius 3 is 2.73 bits per heavy atom. The Bertz CT molecular complexity index is 1130. The third kappa shape index (κ3) is 5.93. The van der Waals surface area contributed by atoms with Crippen LogP contribution in [-0.2, 0) is 0 Å². The van der Waals surface area contributed by atoms with Gasteiger partial charge in [-0.3, -0.25) is 0 Å². The van der Waals surface area contributed by atoms with Crippen LogP contribution < -0.4 is 13.7 Å². The van der Waals surface area contributed by atoms with E-state index in [2.05, 4.69) is 25.6 Å². The molecule has 3 aromatic rings. The number of β-amino-alcohol motifs (C(OH)–C–C–N with tert-alkyl or cyclic N) is 1. The fourth-order valence-electron chi connectivity index (χ4n) is 2.95. The van der Waals surface area contributed by atoms with E-state index in [1.54, 1.807) is 36.5 Å². The quantitative estimate of drug-likeness (QED) is 0.0981. The van der Waals surface area contributed by atoms with Crippen LogP contribution in [0.1, 0.15) is 5.56 Å². The predicted molar refractivity (Wildman–Crippen MR) is 135 cm³/mol. The third-order valence-corrected chi connectivity index (χ3v) is 8.81. The number of aliphatic hydroxyl groups excluding tert-OH is 1. The van der Waals surface area contributed by atoms with Gasteiger partial charge in [0.1, 0.15) is 0 Å². The summed E-state index contributed by atoms with van der Waals surface area (Å²) in [5.41, 5.74) is 0.916. The number of benzene rings is 1. The summed E-state index contributed by atoms with van der Waals surface area (Å²) >= 11 is 3.36. The molecule has 3 heterocycles. The number of amides is 1. The standard InChI is InChI=1S/C21H21ClIN7O3/c22-16-5-1-2-6-17(16)28-19-15(9-24)20(27-13-26-19)33-23(12-30-10-14(31)11-30)21(32)29-18-7-3-4-8-25-18/h1-9,13-14,24,31H,10-12H2,(H,25,29,32)(H,26,27,28). The molecule has 1 aliphatic heterocycles. The summed E-state index contributed by atoms with van der Waals surface area (Å²) < 4.78 is 6.25. The first kappa shape index (κ1) is 23.3. The van der Waals surface area contributed by atoms with Crippen molar-refractivity contribution in [1.82, 2.24) is 19.9 Å². The van der Waals surface area contributed by atoms with Crippen LogP contribution in [0.4, 0.5) is 22.1 Å². The van der Waals surface area contributed by atoms with E-state index in [-0.39, 0.29) is 9.79 Å². The van der Waals surface area contributed by atoms with Gasteiger partial charge in [-0.15, -0.1) is 0 Å². The molecule has 1 aromatic carbocycles. The maximum absolute atomic E-state index is 13.1. The van der Waals surface area contributed by atoms with Crippen LogP contribution in [0.2, 0.25) is 5.02 Å². The number of hydrogen-bond acceptors (Lipinski definition) is 9.